The van der Waals surface area contributed by atoms with Crippen molar-refractivity contribution in [1.29, 1.82) is 0 Å². The minimum absolute atomic E-state index is 0.146. The van der Waals surface area contributed by atoms with Crippen LogP contribution in [0.1, 0.15) is 10.4 Å². The number of halogens is 1. The third kappa shape index (κ3) is 2.88. The molecule has 2 aromatic rings. The predicted octanol–water partition coefficient (Wildman–Crippen LogP) is 4.34. The van der Waals surface area contributed by atoms with Gasteiger partial charge in [0.1, 0.15) is 0 Å². The van der Waals surface area contributed by atoms with Gasteiger partial charge in [-0.1, -0.05) is 6.07 Å². The first kappa shape index (κ1) is 13.0. The number of nitro groups is 1. The number of anilines is 1. The summed E-state index contributed by atoms with van der Waals surface area (Å²) in [7, 11) is 0. The molecule has 6 heteroatoms. The summed E-state index contributed by atoms with van der Waals surface area (Å²) in [6, 6.07) is 7.09. The summed E-state index contributed by atoms with van der Waals surface area (Å²) < 4.78 is 1.06. The van der Waals surface area contributed by atoms with Crippen LogP contribution in [0.4, 0.5) is 11.4 Å². The second-order valence-corrected chi connectivity index (χ2v) is 5.70. The number of nitro benzene ring substituents is 1. The van der Waals surface area contributed by atoms with Crippen molar-refractivity contribution >= 4 is 38.6 Å². The fourth-order valence-corrected chi connectivity index (χ4v) is 3.03. The van der Waals surface area contributed by atoms with Crippen LogP contribution in [0.25, 0.3) is 0 Å². The average molecular weight is 327 g/mol. The predicted molar refractivity (Wildman–Crippen MR) is 77.2 cm³/mol. The summed E-state index contributed by atoms with van der Waals surface area (Å²) >= 11 is 5.04. The summed E-state index contributed by atoms with van der Waals surface area (Å²) in [5, 5.41) is 16.1. The number of benzene rings is 1. The van der Waals surface area contributed by atoms with Gasteiger partial charge < -0.3 is 5.32 Å². The van der Waals surface area contributed by atoms with E-state index in [1.807, 2.05) is 17.5 Å². The molecule has 1 aromatic heterocycles. The maximum atomic E-state index is 10.8. The molecule has 0 aliphatic rings. The lowest BCUT2D eigenvalue weighted by Crippen LogP contribution is -2.01. The van der Waals surface area contributed by atoms with Crippen LogP contribution >= 0.6 is 27.3 Å². The Kier molecular flexibility index (Phi) is 3.98. The fraction of sp³-hybridized carbons (Fsp3) is 0.167. The highest BCUT2D eigenvalue weighted by molar-refractivity contribution is 9.10. The Morgan fingerprint density at radius 3 is 2.89 bits per heavy atom. The van der Waals surface area contributed by atoms with E-state index in [0.717, 1.165) is 10.2 Å². The molecule has 1 N–H and O–H groups in total. The van der Waals surface area contributed by atoms with Gasteiger partial charge in [0.15, 0.2) is 0 Å². The van der Waals surface area contributed by atoms with E-state index in [4.69, 9.17) is 0 Å². The van der Waals surface area contributed by atoms with E-state index in [-0.39, 0.29) is 10.6 Å². The molecule has 0 spiro atoms. The van der Waals surface area contributed by atoms with Crippen molar-refractivity contribution in [3.63, 3.8) is 0 Å². The van der Waals surface area contributed by atoms with Gasteiger partial charge in [-0.05, 0) is 35.0 Å². The lowest BCUT2D eigenvalue weighted by atomic mass is 10.1. The van der Waals surface area contributed by atoms with Crippen molar-refractivity contribution in [2.45, 2.75) is 13.5 Å². The van der Waals surface area contributed by atoms with E-state index in [2.05, 4.69) is 21.2 Å². The van der Waals surface area contributed by atoms with Gasteiger partial charge >= 0.3 is 0 Å². The van der Waals surface area contributed by atoms with Gasteiger partial charge in [-0.25, -0.2) is 0 Å². The smallest absolute Gasteiger partial charge is 0.274 e. The molecule has 0 atom stereocenters. The Hall–Kier alpha value is -1.40. The number of hydrogen-bond acceptors (Lipinski definition) is 4. The van der Waals surface area contributed by atoms with Gasteiger partial charge in [0.25, 0.3) is 5.69 Å². The quantitative estimate of drug-likeness (QED) is 0.671. The van der Waals surface area contributed by atoms with Gasteiger partial charge in [-0.2, -0.15) is 0 Å². The molecule has 0 fully saturated rings. The molecule has 0 saturated heterocycles. The fourth-order valence-electron chi connectivity index (χ4n) is 1.64. The van der Waals surface area contributed by atoms with Crippen LogP contribution < -0.4 is 5.32 Å². The zero-order chi connectivity index (χ0) is 13.1. The molecule has 94 valence electrons. The molecule has 0 aliphatic heterocycles. The van der Waals surface area contributed by atoms with Crippen molar-refractivity contribution < 1.29 is 4.92 Å². The molecule has 0 unspecified atom stereocenters. The van der Waals surface area contributed by atoms with E-state index in [1.54, 1.807) is 24.3 Å². The van der Waals surface area contributed by atoms with Crippen LogP contribution in [0.5, 0.6) is 0 Å². The topological polar surface area (TPSA) is 55.2 Å². The maximum absolute atomic E-state index is 10.8. The standard InChI is InChI=1S/C12H11BrN2O2S/c1-8-11(3-2-4-12(8)15(16)17)14-6-10-5-9(13)7-18-10/h2-5,7,14H,6H2,1H3. The van der Waals surface area contributed by atoms with E-state index in [0.29, 0.717) is 12.1 Å². The summed E-state index contributed by atoms with van der Waals surface area (Å²) in [6.07, 6.45) is 0. The molecular formula is C12H11BrN2O2S. The Labute approximate surface area is 117 Å². The number of rotatable bonds is 4. The van der Waals surface area contributed by atoms with Crippen LogP contribution in [0, 0.1) is 17.0 Å². The molecular weight excluding hydrogens is 316 g/mol. The normalized spacial score (nSPS) is 10.3. The minimum Gasteiger partial charge on any atom is -0.380 e. The van der Waals surface area contributed by atoms with Crippen LogP contribution in [-0.2, 0) is 6.54 Å². The van der Waals surface area contributed by atoms with Gasteiger partial charge in [-0.3, -0.25) is 10.1 Å². The average Bonchev–Trinajstić information content (AvgIpc) is 2.73. The molecule has 0 aliphatic carbocycles. The summed E-state index contributed by atoms with van der Waals surface area (Å²) in [5.74, 6) is 0. The Morgan fingerprint density at radius 1 is 1.50 bits per heavy atom. The highest BCUT2D eigenvalue weighted by Gasteiger charge is 2.12. The first-order valence-electron chi connectivity index (χ1n) is 5.28. The first-order valence-corrected chi connectivity index (χ1v) is 6.96. The Bertz CT molecular complexity index is 583. The van der Waals surface area contributed by atoms with Crippen LogP contribution in [0.3, 0.4) is 0 Å². The van der Waals surface area contributed by atoms with Crippen molar-refractivity contribution in [3.05, 3.63) is 54.7 Å². The second-order valence-electron chi connectivity index (χ2n) is 3.79. The SMILES string of the molecule is Cc1c(NCc2cc(Br)cs2)cccc1[N+](=O)[O-]. The molecule has 2 rings (SSSR count). The largest absolute Gasteiger partial charge is 0.380 e. The summed E-state index contributed by atoms with van der Waals surface area (Å²) in [5.41, 5.74) is 1.61. The van der Waals surface area contributed by atoms with Crippen molar-refractivity contribution in [2.24, 2.45) is 0 Å². The van der Waals surface area contributed by atoms with Gasteiger partial charge in [0.2, 0.25) is 0 Å². The van der Waals surface area contributed by atoms with Gasteiger partial charge in [0.05, 0.1) is 4.92 Å². The molecule has 0 saturated carbocycles. The number of hydrogen-bond donors (Lipinski definition) is 1. The Balaban J connectivity index is 2.14. The third-order valence-electron chi connectivity index (χ3n) is 2.58. The third-order valence-corrected chi connectivity index (χ3v) is 4.27. The molecule has 1 aromatic carbocycles. The monoisotopic (exact) mass is 326 g/mol. The molecule has 0 amide bonds. The Morgan fingerprint density at radius 2 is 2.28 bits per heavy atom. The van der Waals surface area contributed by atoms with E-state index in [9.17, 15) is 10.1 Å². The van der Waals surface area contributed by atoms with E-state index >= 15 is 0 Å². The highest BCUT2D eigenvalue weighted by Crippen LogP contribution is 2.26. The van der Waals surface area contributed by atoms with Crippen molar-refractivity contribution in [1.82, 2.24) is 0 Å². The number of nitrogens with zero attached hydrogens (tertiary/aromatic N) is 1. The zero-order valence-electron chi connectivity index (χ0n) is 9.64. The maximum Gasteiger partial charge on any atom is 0.274 e. The second kappa shape index (κ2) is 5.49. The molecule has 0 radical (unpaired) electrons. The molecule has 1 heterocycles. The van der Waals surface area contributed by atoms with Crippen LogP contribution in [-0.4, -0.2) is 4.92 Å². The van der Waals surface area contributed by atoms with E-state index < -0.39 is 0 Å². The van der Waals surface area contributed by atoms with Crippen molar-refractivity contribution in [3.8, 4) is 0 Å². The first-order chi connectivity index (χ1) is 8.58. The molecule has 0 bridgehead atoms. The van der Waals surface area contributed by atoms with E-state index in [1.165, 1.54) is 10.9 Å². The highest BCUT2D eigenvalue weighted by atomic mass is 79.9. The summed E-state index contributed by atoms with van der Waals surface area (Å²) in [4.78, 5) is 11.6. The molecule has 4 nitrogen and oxygen atoms in total. The summed E-state index contributed by atoms with van der Waals surface area (Å²) in [6.45, 7) is 2.42. The number of nitrogens with one attached hydrogen (secondary N) is 1. The zero-order valence-corrected chi connectivity index (χ0v) is 12.0. The van der Waals surface area contributed by atoms with Crippen LogP contribution in [0.15, 0.2) is 34.1 Å². The lowest BCUT2D eigenvalue weighted by molar-refractivity contribution is -0.385. The number of thiophene rings is 1. The van der Waals surface area contributed by atoms with Crippen LogP contribution in [0.2, 0.25) is 0 Å². The van der Waals surface area contributed by atoms with Crippen molar-refractivity contribution in [2.75, 3.05) is 5.32 Å². The minimum atomic E-state index is -0.359. The molecule has 18 heavy (non-hydrogen) atoms. The van der Waals surface area contributed by atoms with Gasteiger partial charge in [-0.15, -0.1) is 11.3 Å². The van der Waals surface area contributed by atoms with Gasteiger partial charge in [0, 0.05) is 38.6 Å². The lowest BCUT2D eigenvalue weighted by Gasteiger charge is -2.08.